The maximum atomic E-state index is 4.00. The topological polar surface area (TPSA) is 0 Å². The maximum Gasteiger partial charge on any atom is -0.00139 e. The largest absolute Gasteiger partial charge is 0.0985 e. The van der Waals surface area contributed by atoms with Crippen molar-refractivity contribution in [2.24, 2.45) is 0 Å². The van der Waals surface area contributed by atoms with Crippen LogP contribution in [0.4, 0.5) is 0 Å². The summed E-state index contributed by atoms with van der Waals surface area (Å²) in [4.78, 5) is 0. The van der Waals surface area contributed by atoms with Crippen molar-refractivity contribution in [1.29, 1.82) is 0 Å². The van der Waals surface area contributed by atoms with Crippen LogP contribution in [0.25, 0.3) is 115 Å². The molecular weight excluding hydrogens is 673 g/mol. The Morgan fingerprint density at radius 3 is 0.679 bits per heavy atom. The second-order valence-corrected chi connectivity index (χ2v) is 14.7. The Kier molecular flexibility index (Phi) is 7.43. The summed E-state index contributed by atoms with van der Waals surface area (Å²) in [5.74, 6) is 0. The second kappa shape index (κ2) is 12.9. The molecule has 0 atom stereocenters. The van der Waals surface area contributed by atoms with E-state index in [0.717, 1.165) is 5.56 Å². The van der Waals surface area contributed by atoms with Gasteiger partial charge in [0.15, 0.2) is 0 Å². The fraction of sp³-hybridized carbons (Fsp3) is 0. The van der Waals surface area contributed by atoms with Crippen LogP contribution in [-0.4, -0.2) is 0 Å². The van der Waals surface area contributed by atoms with E-state index in [4.69, 9.17) is 0 Å². The van der Waals surface area contributed by atoms with Gasteiger partial charge in [-0.1, -0.05) is 213 Å². The highest BCUT2D eigenvalue weighted by atomic mass is 14.3. The molecule has 0 aliphatic rings. The molecule has 56 heavy (non-hydrogen) atoms. The molecule has 0 radical (unpaired) electrons. The van der Waals surface area contributed by atoms with Gasteiger partial charge < -0.3 is 0 Å². The second-order valence-electron chi connectivity index (χ2n) is 14.7. The van der Waals surface area contributed by atoms with Gasteiger partial charge in [-0.05, 0) is 115 Å². The number of hydrogen-bond donors (Lipinski definition) is 0. The molecule has 11 rings (SSSR count). The number of fused-ring (bicyclic) bond motifs is 6. The van der Waals surface area contributed by atoms with Crippen LogP contribution in [0, 0.1) is 0 Å². The van der Waals surface area contributed by atoms with Gasteiger partial charge in [0.05, 0.1) is 0 Å². The molecule has 0 spiro atoms. The van der Waals surface area contributed by atoms with Gasteiger partial charge in [0.1, 0.15) is 0 Å². The third kappa shape index (κ3) is 4.79. The first-order valence-electron chi connectivity index (χ1n) is 19.4. The van der Waals surface area contributed by atoms with E-state index in [9.17, 15) is 0 Å². The minimum Gasteiger partial charge on any atom is -0.0985 e. The van der Waals surface area contributed by atoms with Gasteiger partial charge in [-0.3, -0.25) is 0 Å². The summed E-state index contributed by atoms with van der Waals surface area (Å²) in [5, 5.41) is 15.0. The van der Waals surface area contributed by atoms with E-state index in [-0.39, 0.29) is 0 Å². The van der Waals surface area contributed by atoms with Crippen molar-refractivity contribution in [3.8, 4) is 44.5 Å². The van der Waals surface area contributed by atoms with Crippen molar-refractivity contribution in [3.63, 3.8) is 0 Å². The van der Waals surface area contributed by atoms with Crippen molar-refractivity contribution >= 4 is 70.7 Å². The molecule has 11 aromatic rings. The molecule has 0 N–H and O–H groups in total. The standard InChI is InChI=1S/C56H36/c1-2-36-32-34-38(35-33-36)52-41-22-8-12-26-45(41)54(46-27-13-9-23-42(46)52)56-49-30-16-14-28-47(49)55(48-29-15-17-31-50(48)56)53-43-24-10-6-20-39(43)51(37-18-4-3-5-19-37)40-21-7-11-25-44(40)53/h2-35H,1H2. The molecule has 0 heterocycles. The smallest absolute Gasteiger partial charge is 0.00139 e. The molecule has 0 aliphatic carbocycles. The van der Waals surface area contributed by atoms with Crippen LogP contribution in [0.5, 0.6) is 0 Å². The van der Waals surface area contributed by atoms with Gasteiger partial charge in [0.25, 0.3) is 0 Å². The quantitative estimate of drug-likeness (QED) is 0.156. The van der Waals surface area contributed by atoms with E-state index >= 15 is 0 Å². The first-order chi connectivity index (χ1) is 27.8. The third-order valence-corrected chi connectivity index (χ3v) is 11.8. The lowest BCUT2D eigenvalue weighted by Crippen LogP contribution is -1.96. The van der Waals surface area contributed by atoms with Crippen molar-refractivity contribution in [2.45, 2.75) is 0 Å². The predicted octanol–water partition coefficient (Wildman–Crippen LogP) is 15.9. The van der Waals surface area contributed by atoms with E-state index in [1.54, 1.807) is 0 Å². The van der Waals surface area contributed by atoms with Crippen molar-refractivity contribution < 1.29 is 0 Å². The molecule has 11 aromatic carbocycles. The Morgan fingerprint density at radius 2 is 0.429 bits per heavy atom. The normalized spacial score (nSPS) is 11.6. The van der Waals surface area contributed by atoms with Crippen LogP contribution in [0.2, 0.25) is 0 Å². The molecule has 0 amide bonds. The average Bonchev–Trinajstić information content (AvgIpc) is 3.27. The summed E-state index contributed by atoms with van der Waals surface area (Å²) < 4.78 is 0. The first kappa shape index (κ1) is 32.2. The maximum absolute atomic E-state index is 4.00. The van der Waals surface area contributed by atoms with Gasteiger partial charge in [0.2, 0.25) is 0 Å². The van der Waals surface area contributed by atoms with Crippen LogP contribution in [-0.2, 0) is 0 Å². The minimum atomic E-state index is 1.12. The summed E-state index contributed by atoms with van der Waals surface area (Å²) >= 11 is 0. The van der Waals surface area contributed by atoms with Gasteiger partial charge in [0, 0.05) is 0 Å². The van der Waals surface area contributed by atoms with E-state index in [1.165, 1.54) is 109 Å². The highest BCUT2D eigenvalue weighted by Gasteiger charge is 2.24. The number of hydrogen-bond acceptors (Lipinski definition) is 0. The molecular formula is C56H36. The fourth-order valence-corrected chi connectivity index (χ4v) is 9.48. The van der Waals surface area contributed by atoms with Gasteiger partial charge in [-0.2, -0.15) is 0 Å². The van der Waals surface area contributed by atoms with E-state index < -0.39 is 0 Å². The Bertz CT molecular complexity index is 3180. The SMILES string of the molecule is C=Cc1ccc(-c2c3ccccc3c(-c3c4ccccc4c(-c4c5ccccc5c(-c5ccccc5)c5ccccc45)c4ccccc34)c3ccccc23)cc1. The average molecular weight is 709 g/mol. The highest BCUT2D eigenvalue weighted by Crippen LogP contribution is 2.52. The summed E-state index contributed by atoms with van der Waals surface area (Å²) in [6, 6.07) is 73.8. The van der Waals surface area contributed by atoms with Crippen molar-refractivity contribution in [2.75, 3.05) is 0 Å². The van der Waals surface area contributed by atoms with Crippen LogP contribution >= 0.6 is 0 Å². The van der Waals surface area contributed by atoms with Gasteiger partial charge in [-0.15, -0.1) is 0 Å². The summed E-state index contributed by atoms with van der Waals surface area (Å²) in [7, 11) is 0. The fourth-order valence-electron chi connectivity index (χ4n) is 9.48. The molecule has 0 heteroatoms. The highest BCUT2D eigenvalue weighted by molar-refractivity contribution is 6.33. The molecule has 0 nitrogen and oxygen atoms in total. The predicted molar refractivity (Wildman–Crippen MR) is 243 cm³/mol. The molecule has 260 valence electrons. The first-order valence-corrected chi connectivity index (χ1v) is 19.4. The third-order valence-electron chi connectivity index (χ3n) is 11.8. The summed E-state index contributed by atoms with van der Waals surface area (Å²) in [6.07, 6.45) is 1.91. The molecule has 0 saturated heterocycles. The zero-order valence-corrected chi connectivity index (χ0v) is 30.8. The number of benzene rings is 11. The van der Waals surface area contributed by atoms with Crippen molar-refractivity contribution in [1.82, 2.24) is 0 Å². The zero-order valence-electron chi connectivity index (χ0n) is 30.8. The van der Waals surface area contributed by atoms with E-state index in [1.807, 2.05) is 6.08 Å². The minimum absolute atomic E-state index is 1.12. The molecule has 0 bridgehead atoms. The Balaban J connectivity index is 1.31. The molecule has 0 fully saturated rings. The van der Waals surface area contributed by atoms with Crippen LogP contribution in [0.1, 0.15) is 5.56 Å². The van der Waals surface area contributed by atoms with Crippen LogP contribution < -0.4 is 0 Å². The van der Waals surface area contributed by atoms with Gasteiger partial charge >= 0.3 is 0 Å². The lowest BCUT2D eigenvalue weighted by molar-refractivity contribution is 1.64. The van der Waals surface area contributed by atoms with E-state index in [2.05, 4.69) is 207 Å². The Morgan fingerprint density at radius 1 is 0.214 bits per heavy atom. The molecule has 0 aromatic heterocycles. The number of rotatable bonds is 5. The molecule has 0 saturated carbocycles. The molecule has 0 unspecified atom stereocenters. The lowest BCUT2D eigenvalue weighted by Gasteiger charge is -2.24. The summed E-state index contributed by atoms with van der Waals surface area (Å²) in [6.45, 7) is 4.00. The zero-order chi connectivity index (χ0) is 37.2. The van der Waals surface area contributed by atoms with E-state index in [0.29, 0.717) is 0 Å². The lowest BCUT2D eigenvalue weighted by atomic mass is 9.79. The van der Waals surface area contributed by atoms with Crippen LogP contribution in [0.3, 0.4) is 0 Å². The molecule has 0 aliphatic heterocycles. The monoisotopic (exact) mass is 708 g/mol. The van der Waals surface area contributed by atoms with Crippen LogP contribution in [0.15, 0.2) is 207 Å². The van der Waals surface area contributed by atoms with Gasteiger partial charge in [-0.25, -0.2) is 0 Å². The van der Waals surface area contributed by atoms with Crippen molar-refractivity contribution in [3.05, 3.63) is 212 Å². The Labute approximate surface area is 326 Å². The summed E-state index contributed by atoms with van der Waals surface area (Å²) in [5.41, 5.74) is 11.2. The Hall–Kier alpha value is -7.28.